The van der Waals surface area contributed by atoms with E-state index in [0.29, 0.717) is 6.54 Å². The van der Waals surface area contributed by atoms with Crippen molar-refractivity contribution >= 4 is 22.9 Å². The topological polar surface area (TPSA) is 24.9 Å². The van der Waals surface area contributed by atoms with E-state index in [4.69, 9.17) is 11.6 Å². The third-order valence-electron chi connectivity index (χ3n) is 2.69. The number of hydrogen-bond donors (Lipinski definition) is 1. The highest BCUT2D eigenvalue weighted by atomic mass is 35.5. The van der Waals surface area contributed by atoms with Crippen molar-refractivity contribution in [1.82, 2.24) is 10.3 Å². The lowest BCUT2D eigenvalue weighted by atomic mass is 10.1. The average Bonchev–Trinajstić information content (AvgIpc) is 2.85. The van der Waals surface area contributed by atoms with Gasteiger partial charge in [0.25, 0.3) is 0 Å². The van der Waals surface area contributed by atoms with E-state index in [1.165, 1.54) is 6.07 Å². The Labute approximate surface area is 115 Å². The molecule has 0 aliphatic rings. The first kappa shape index (κ1) is 13.5. The molecule has 5 heteroatoms. The van der Waals surface area contributed by atoms with Crippen LogP contribution in [0.2, 0.25) is 5.02 Å². The van der Waals surface area contributed by atoms with Gasteiger partial charge in [-0.1, -0.05) is 17.7 Å². The minimum atomic E-state index is -0.389. The molecule has 0 aliphatic carbocycles. The lowest BCUT2D eigenvalue weighted by molar-refractivity contribution is 0.399. The molecule has 2 aromatic rings. The Morgan fingerprint density at radius 2 is 2.22 bits per heavy atom. The largest absolute Gasteiger partial charge is 0.302 e. The molecule has 0 fully saturated rings. The molecule has 0 saturated heterocycles. The highest BCUT2D eigenvalue weighted by Crippen LogP contribution is 2.23. The Hall–Kier alpha value is -0.970. The molecule has 0 saturated carbocycles. The second kappa shape index (κ2) is 5.34. The van der Waals surface area contributed by atoms with Crippen LogP contribution in [0, 0.1) is 5.82 Å². The van der Waals surface area contributed by atoms with Gasteiger partial charge in [0.1, 0.15) is 10.8 Å². The average molecular weight is 285 g/mol. The van der Waals surface area contributed by atoms with Gasteiger partial charge in [0.2, 0.25) is 0 Å². The van der Waals surface area contributed by atoms with Crippen LogP contribution < -0.4 is 5.32 Å². The van der Waals surface area contributed by atoms with Crippen LogP contribution in [-0.4, -0.2) is 4.98 Å². The van der Waals surface area contributed by atoms with Crippen molar-refractivity contribution in [3.63, 3.8) is 0 Å². The quantitative estimate of drug-likeness (QED) is 0.919. The van der Waals surface area contributed by atoms with Crippen LogP contribution in [0.3, 0.4) is 0 Å². The molecule has 1 N–H and O–H groups in total. The van der Waals surface area contributed by atoms with E-state index < -0.39 is 0 Å². The van der Waals surface area contributed by atoms with Crippen LogP contribution in [0.15, 0.2) is 29.8 Å². The van der Waals surface area contributed by atoms with Gasteiger partial charge >= 0.3 is 0 Å². The Kier molecular flexibility index (Phi) is 4.00. The van der Waals surface area contributed by atoms with Gasteiger partial charge in [0.15, 0.2) is 0 Å². The predicted molar refractivity (Wildman–Crippen MR) is 73.4 cm³/mol. The van der Waals surface area contributed by atoms with Gasteiger partial charge in [0, 0.05) is 18.1 Å². The van der Waals surface area contributed by atoms with Crippen molar-refractivity contribution in [3.05, 3.63) is 51.2 Å². The number of aromatic nitrogens is 1. The Morgan fingerprint density at radius 3 is 2.83 bits per heavy atom. The minimum absolute atomic E-state index is 0.154. The van der Waals surface area contributed by atoms with E-state index in [2.05, 4.69) is 24.1 Å². The zero-order valence-corrected chi connectivity index (χ0v) is 11.8. The number of nitrogens with zero attached hydrogens (tertiary/aromatic N) is 1. The first-order valence-corrected chi connectivity index (χ1v) is 6.84. The first-order valence-electron chi connectivity index (χ1n) is 5.58. The second-order valence-corrected chi connectivity index (χ2v) is 5.87. The molecule has 0 amide bonds. The fourth-order valence-corrected chi connectivity index (χ4v) is 2.52. The maximum atomic E-state index is 13.0. The Balaban J connectivity index is 2.05. The molecule has 1 aromatic heterocycles. The molecule has 0 aliphatic heterocycles. The lowest BCUT2D eigenvalue weighted by Crippen LogP contribution is -2.35. The molecule has 2 nitrogen and oxygen atoms in total. The molecular formula is C13H14ClFN2S. The molecule has 0 bridgehead atoms. The molecule has 96 valence electrons. The number of rotatable bonds is 4. The fraction of sp³-hybridized carbons (Fsp3) is 0.308. The molecule has 0 atom stereocenters. The minimum Gasteiger partial charge on any atom is -0.302 e. The molecule has 0 unspecified atom stereocenters. The SMILES string of the molecule is CC(C)(NCc1ccc(F)c(Cl)c1)c1nccs1. The third kappa shape index (κ3) is 3.07. The number of benzene rings is 1. The standard InChI is InChI=1S/C13H14ClFN2S/c1-13(2,12-16-5-6-18-12)17-8-9-3-4-11(15)10(14)7-9/h3-7,17H,8H2,1-2H3. The number of halogens is 2. The number of thiazole rings is 1. The maximum absolute atomic E-state index is 13.0. The van der Waals surface area contributed by atoms with E-state index >= 15 is 0 Å². The van der Waals surface area contributed by atoms with Crippen molar-refractivity contribution in [2.45, 2.75) is 25.9 Å². The van der Waals surface area contributed by atoms with Gasteiger partial charge < -0.3 is 5.32 Å². The fourth-order valence-electron chi connectivity index (χ4n) is 1.58. The van der Waals surface area contributed by atoms with E-state index in [9.17, 15) is 4.39 Å². The monoisotopic (exact) mass is 284 g/mol. The first-order chi connectivity index (χ1) is 8.49. The summed E-state index contributed by atoms with van der Waals surface area (Å²) < 4.78 is 13.0. The third-order valence-corrected chi connectivity index (χ3v) is 4.07. The van der Waals surface area contributed by atoms with Crippen molar-refractivity contribution < 1.29 is 4.39 Å². The summed E-state index contributed by atoms with van der Waals surface area (Å²) in [7, 11) is 0. The van der Waals surface area contributed by atoms with Gasteiger partial charge in [-0.05, 0) is 31.5 Å². The van der Waals surface area contributed by atoms with Crippen molar-refractivity contribution in [2.24, 2.45) is 0 Å². The maximum Gasteiger partial charge on any atom is 0.141 e. The summed E-state index contributed by atoms with van der Waals surface area (Å²) in [6.07, 6.45) is 1.79. The van der Waals surface area contributed by atoms with Crippen LogP contribution in [0.5, 0.6) is 0 Å². The second-order valence-electron chi connectivity index (χ2n) is 4.56. The van der Waals surface area contributed by atoms with Gasteiger partial charge in [0.05, 0.1) is 10.6 Å². The molecule has 0 radical (unpaired) electrons. The lowest BCUT2D eigenvalue weighted by Gasteiger charge is -2.24. The molecule has 1 heterocycles. The van der Waals surface area contributed by atoms with E-state index in [-0.39, 0.29) is 16.4 Å². The van der Waals surface area contributed by atoms with Crippen LogP contribution >= 0.6 is 22.9 Å². The zero-order valence-electron chi connectivity index (χ0n) is 10.2. The summed E-state index contributed by atoms with van der Waals surface area (Å²) >= 11 is 7.36. The van der Waals surface area contributed by atoms with Crippen LogP contribution in [0.4, 0.5) is 4.39 Å². The summed E-state index contributed by atoms with van der Waals surface area (Å²) in [5.74, 6) is -0.389. The smallest absolute Gasteiger partial charge is 0.141 e. The Bertz CT molecular complexity index is 526. The zero-order chi connectivity index (χ0) is 13.2. The molecule has 0 spiro atoms. The summed E-state index contributed by atoms with van der Waals surface area (Å²) in [6, 6.07) is 4.75. The van der Waals surface area contributed by atoms with Crippen molar-refractivity contribution in [2.75, 3.05) is 0 Å². The van der Waals surface area contributed by atoms with E-state index in [1.54, 1.807) is 29.7 Å². The molecule has 1 aromatic carbocycles. The number of nitrogens with one attached hydrogen (secondary N) is 1. The van der Waals surface area contributed by atoms with Gasteiger partial charge in [-0.15, -0.1) is 11.3 Å². The van der Waals surface area contributed by atoms with Gasteiger partial charge in [-0.2, -0.15) is 0 Å². The summed E-state index contributed by atoms with van der Waals surface area (Å²) in [5.41, 5.74) is 0.737. The highest BCUT2D eigenvalue weighted by molar-refractivity contribution is 7.09. The highest BCUT2D eigenvalue weighted by Gasteiger charge is 2.22. The predicted octanol–water partition coefficient (Wildman–Crippen LogP) is 3.96. The number of hydrogen-bond acceptors (Lipinski definition) is 3. The van der Waals surface area contributed by atoms with E-state index in [0.717, 1.165) is 10.6 Å². The molecule has 2 rings (SSSR count). The van der Waals surface area contributed by atoms with E-state index in [1.807, 2.05) is 5.38 Å². The Morgan fingerprint density at radius 1 is 1.44 bits per heavy atom. The normalized spacial score (nSPS) is 11.8. The van der Waals surface area contributed by atoms with Crippen molar-refractivity contribution in [1.29, 1.82) is 0 Å². The van der Waals surface area contributed by atoms with Gasteiger partial charge in [-0.3, -0.25) is 0 Å². The molecular weight excluding hydrogens is 271 g/mol. The van der Waals surface area contributed by atoms with Gasteiger partial charge in [-0.25, -0.2) is 9.37 Å². The molecule has 18 heavy (non-hydrogen) atoms. The summed E-state index contributed by atoms with van der Waals surface area (Å²) in [5, 5.41) is 6.52. The van der Waals surface area contributed by atoms with Crippen LogP contribution in [0.25, 0.3) is 0 Å². The van der Waals surface area contributed by atoms with Crippen molar-refractivity contribution in [3.8, 4) is 0 Å². The summed E-state index contributed by atoms with van der Waals surface area (Å²) in [6.45, 7) is 4.75. The van der Waals surface area contributed by atoms with Crippen LogP contribution in [-0.2, 0) is 12.1 Å². The summed E-state index contributed by atoms with van der Waals surface area (Å²) in [4.78, 5) is 4.30. The van der Waals surface area contributed by atoms with Crippen LogP contribution in [0.1, 0.15) is 24.4 Å².